The number of hydrogen-bond acceptors (Lipinski definition) is 2. The molecular weight excluding hydrogens is 765 g/mol. The van der Waals surface area contributed by atoms with Crippen LogP contribution in [-0.2, 0) is 0 Å². The van der Waals surface area contributed by atoms with Crippen LogP contribution in [0.4, 0.5) is 17.1 Å². The van der Waals surface area contributed by atoms with Crippen molar-refractivity contribution in [2.75, 3.05) is 4.90 Å². The first-order valence-corrected chi connectivity index (χ1v) is 21.6. The summed E-state index contributed by atoms with van der Waals surface area (Å²) in [4.78, 5) is 2.35. The van der Waals surface area contributed by atoms with Crippen LogP contribution in [0.3, 0.4) is 0 Å². The average Bonchev–Trinajstić information content (AvgIpc) is 3.89. The van der Waals surface area contributed by atoms with Gasteiger partial charge in [-0.2, -0.15) is 0 Å². The topological polar surface area (TPSA) is 21.3 Å². The number of fused-ring (bicyclic) bond motifs is 12. The molecule has 0 aliphatic rings. The van der Waals surface area contributed by atoms with Gasteiger partial charge < -0.3 is 13.9 Å². The van der Waals surface area contributed by atoms with Crippen LogP contribution in [0.5, 0.6) is 0 Å². The number of furan rings is 1. The van der Waals surface area contributed by atoms with Crippen molar-refractivity contribution >= 4 is 93.1 Å². The molecule has 63 heavy (non-hydrogen) atoms. The number of nitrogens with zero attached hydrogens (tertiary/aromatic N) is 2. The third-order valence-electron chi connectivity index (χ3n) is 12.9. The molecule has 0 unspecified atom stereocenters. The Hall–Kier alpha value is -8.40. The number of para-hydroxylation sites is 3. The Kier molecular flexibility index (Phi) is 7.91. The minimum atomic E-state index is 0.867. The highest BCUT2D eigenvalue weighted by molar-refractivity contribution is 6.29. The van der Waals surface area contributed by atoms with Gasteiger partial charge in [-0.3, -0.25) is 0 Å². The van der Waals surface area contributed by atoms with Crippen LogP contribution < -0.4 is 4.90 Å². The Morgan fingerprint density at radius 2 is 0.841 bits per heavy atom. The highest BCUT2D eigenvalue weighted by atomic mass is 16.3. The van der Waals surface area contributed by atoms with Crippen LogP contribution in [0.1, 0.15) is 0 Å². The maximum absolute atomic E-state index is 6.82. The van der Waals surface area contributed by atoms with E-state index < -0.39 is 0 Å². The minimum Gasteiger partial charge on any atom is -0.456 e. The molecule has 294 valence electrons. The average molecular weight is 803 g/mol. The lowest BCUT2D eigenvalue weighted by atomic mass is 9.89. The van der Waals surface area contributed by atoms with Gasteiger partial charge in [0.2, 0.25) is 0 Å². The zero-order valence-electron chi connectivity index (χ0n) is 34.2. The first-order chi connectivity index (χ1) is 31.3. The normalized spacial score (nSPS) is 11.8. The monoisotopic (exact) mass is 802 g/mol. The minimum absolute atomic E-state index is 0.867. The third-order valence-corrected chi connectivity index (χ3v) is 12.9. The van der Waals surface area contributed by atoms with E-state index in [1.807, 2.05) is 0 Å². The van der Waals surface area contributed by atoms with E-state index >= 15 is 0 Å². The van der Waals surface area contributed by atoms with Gasteiger partial charge in [-0.15, -0.1) is 0 Å². The zero-order chi connectivity index (χ0) is 41.4. The fourth-order valence-electron chi connectivity index (χ4n) is 10.2. The lowest BCUT2D eigenvalue weighted by Crippen LogP contribution is -2.10. The van der Waals surface area contributed by atoms with Crippen molar-refractivity contribution in [3.05, 3.63) is 231 Å². The first-order valence-electron chi connectivity index (χ1n) is 21.6. The van der Waals surface area contributed by atoms with Gasteiger partial charge in [-0.25, -0.2) is 0 Å². The molecule has 0 saturated heterocycles. The molecule has 0 fully saturated rings. The smallest absolute Gasteiger partial charge is 0.138 e. The Bertz CT molecular complexity index is 3860. The van der Waals surface area contributed by atoms with E-state index in [4.69, 9.17) is 4.42 Å². The first kappa shape index (κ1) is 35.4. The van der Waals surface area contributed by atoms with Crippen LogP contribution in [0.25, 0.3) is 104 Å². The summed E-state index contributed by atoms with van der Waals surface area (Å²) in [5.74, 6) is 0. The maximum Gasteiger partial charge on any atom is 0.138 e. The molecule has 0 aliphatic heterocycles. The Labute approximate surface area is 363 Å². The van der Waals surface area contributed by atoms with Crippen LogP contribution in [0.15, 0.2) is 235 Å². The summed E-state index contributed by atoms with van der Waals surface area (Å²) in [6.07, 6.45) is 0. The molecule has 13 aromatic rings. The number of benzene rings is 11. The highest BCUT2D eigenvalue weighted by Crippen LogP contribution is 2.48. The van der Waals surface area contributed by atoms with Crippen molar-refractivity contribution < 1.29 is 4.42 Å². The van der Waals surface area contributed by atoms with E-state index in [1.54, 1.807) is 0 Å². The lowest BCUT2D eigenvalue weighted by Gasteiger charge is -2.26. The van der Waals surface area contributed by atoms with Crippen molar-refractivity contribution in [1.82, 2.24) is 4.57 Å². The molecule has 0 radical (unpaired) electrons. The largest absolute Gasteiger partial charge is 0.456 e. The van der Waals surface area contributed by atoms with Crippen molar-refractivity contribution in [3.63, 3.8) is 0 Å². The van der Waals surface area contributed by atoms with Crippen LogP contribution in [0, 0.1) is 0 Å². The van der Waals surface area contributed by atoms with Crippen molar-refractivity contribution in [2.24, 2.45) is 0 Å². The molecule has 13 rings (SSSR count). The van der Waals surface area contributed by atoms with Crippen LogP contribution >= 0.6 is 0 Å². The second-order valence-electron chi connectivity index (χ2n) is 16.4. The van der Waals surface area contributed by atoms with Gasteiger partial charge in [0.25, 0.3) is 0 Å². The molecule has 2 heterocycles. The lowest BCUT2D eigenvalue weighted by molar-refractivity contribution is 0.669. The van der Waals surface area contributed by atoms with E-state index in [0.717, 1.165) is 61.3 Å². The molecule has 0 saturated carbocycles. The molecule has 0 bridgehead atoms. The number of hydrogen-bond donors (Lipinski definition) is 0. The summed E-state index contributed by atoms with van der Waals surface area (Å²) >= 11 is 0. The second-order valence-corrected chi connectivity index (χ2v) is 16.4. The van der Waals surface area contributed by atoms with Gasteiger partial charge in [-0.1, -0.05) is 164 Å². The van der Waals surface area contributed by atoms with Gasteiger partial charge in [-0.05, 0) is 110 Å². The number of aromatic nitrogens is 1. The standard InChI is InChI=1S/C60H38N2O/c1-3-16-39(17-4-1)40-30-33-43(34-31-40)61(42-18-5-2-6-19-42)44-20-15-21-45(37-44)62-54-28-13-11-26-51(54)59-55(62)38-57-60(52-27-12-14-29-56(52)63-57)58(59)41-32-35-50-48-24-8-7-22-46(48)47-23-9-10-25-49(47)53(50)36-41/h1-38H. The molecular formula is C60H38N2O. The van der Waals surface area contributed by atoms with E-state index in [2.05, 4.69) is 240 Å². The second kappa shape index (κ2) is 14.1. The summed E-state index contributed by atoms with van der Waals surface area (Å²) in [7, 11) is 0. The molecule has 0 spiro atoms. The van der Waals surface area contributed by atoms with Gasteiger partial charge in [0.15, 0.2) is 0 Å². The van der Waals surface area contributed by atoms with Gasteiger partial charge in [0.05, 0.1) is 11.0 Å². The molecule has 3 heteroatoms. The Morgan fingerprint density at radius 3 is 1.57 bits per heavy atom. The van der Waals surface area contributed by atoms with E-state index in [9.17, 15) is 0 Å². The van der Waals surface area contributed by atoms with Crippen LogP contribution in [-0.4, -0.2) is 4.57 Å². The van der Waals surface area contributed by atoms with Gasteiger partial charge in [0, 0.05) is 55.9 Å². The molecule has 0 amide bonds. The zero-order valence-corrected chi connectivity index (χ0v) is 34.2. The Balaban J connectivity index is 1.07. The summed E-state index contributed by atoms with van der Waals surface area (Å²) in [5, 5.41) is 12.2. The predicted octanol–water partition coefficient (Wildman–Crippen LogP) is 16.9. The predicted molar refractivity (Wildman–Crippen MR) is 266 cm³/mol. The molecule has 3 nitrogen and oxygen atoms in total. The van der Waals surface area contributed by atoms with Gasteiger partial charge in [0.1, 0.15) is 11.2 Å². The fourth-order valence-corrected chi connectivity index (χ4v) is 10.2. The summed E-state index contributed by atoms with van der Waals surface area (Å²) in [6.45, 7) is 0. The summed E-state index contributed by atoms with van der Waals surface area (Å²) in [5.41, 5.74) is 13.0. The molecule has 2 aromatic heterocycles. The van der Waals surface area contributed by atoms with E-state index in [1.165, 1.54) is 59.8 Å². The van der Waals surface area contributed by atoms with Crippen molar-refractivity contribution in [2.45, 2.75) is 0 Å². The maximum atomic E-state index is 6.82. The third kappa shape index (κ3) is 5.53. The van der Waals surface area contributed by atoms with Crippen molar-refractivity contribution in [1.29, 1.82) is 0 Å². The van der Waals surface area contributed by atoms with E-state index in [0.29, 0.717) is 0 Å². The van der Waals surface area contributed by atoms with Crippen LogP contribution in [0.2, 0.25) is 0 Å². The molecule has 0 aliphatic carbocycles. The highest BCUT2D eigenvalue weighted by Gasteiger charge is 2.24. The quantitative estimate of drug-likeness (QED) is 0.156. The number of anilines is 3. The summed E-state index contributed by atoms with van der Waals surface area (Å²) in [6, 6.07) is 83.3. The summed E-state index contributed by atoms with van der Waals surface area (Å²) < 4.78 is 9.25. The molecule has 0 N–H and O–H groups in total. The fraction of sp³-hybridized carbons (Fsp3) is 0. The molecule has 0 atom stereocenters. The van der Waals surface area contributed by atoms with E-state index in [-0.39, 0.29) is 0 Å². The van der Waals surface area contributed by atoms with Gasteiger partial charge >= 0.3 is 0 Å². The van der Waals surface area contributed by atoms with Crippen molar-refractivity contribution in [3.8, 4) is 27.9 Å². The molecule has 11 aromatic carbocycles. The SMILES string of the molecule is c1ccc(-c2ccc(N(c3ccccc3)c3cccc(-n4c5ccccc5c5c(-c6ccc7c8ccccc8c8ccccc8c7c6)c6c(cc54)oc4ccccc46)c3)cc2)cc1. The Morgan fingerprint density at radius 1 is 0.302 bits per heavy atom. The number of rotatable bonds is 6.